The summed E-state index contributed by atoms with van der Waals surface area (Å²) in [7, 11) is -4.11. The van der Waals surface area contributed by atoms with E-state index in [1.807, 2.05) is 32.0 Å². The van der Waals surface area contributed by atoms with Crippen LogP contribution in [0.25, 0.3) is 0 Å². The normalized spacial score (nSPS) is 11.8. The predicted octanol–water partition coefficient (Wildman–Crippen LogP) is 3.33. The molecule has 0 aromatic heterocycles. The maximum Gasteiger partial charge on any atom is 0.251 e. The van der Waals surface area contributed by atoms with Gasteiger partial charge in [-0.3, -0.25) is 9.10 Å². The minimum Gasteiger partial charge on any atom is -0.492 e. The average molecular weight is 560 g/mol. The molecule has 0 unspecified atom stereocenters. The monoisotopic (exact) mass is 559 g/mol. The van der Waals surface area contributed by atoms with E-state index in [9.17, 15) is 21.6 Å². The Bertz CT molecular complexity index is 1460. The van der Waals surface area contributed by atoms with Crippen LogP contribution in [0.2, 0.25) is 0 Å². The summed E-state index contributed by atoms with van der Waals surface area (Å²) in [6.07, 6.45) is 1.18. The summed E-state index contributed by atoms with van der Waals surface area (Å²) in [5.74, 6) is 0.197. The van der Waals surface area contributed by atoms with Crippen LogP contribution >= 0.6 is 0 Å². The number of aryl methyl sites for hydroxylation is 2. The van der Waals surface area contributed by atoms with E-state index in [1.165, 1.54) is 36.8 Å². The molecule has 0 spiro atoms. The summed E-state index contributed by atoms with van der Waals surface area (Å²) in [6.45, 7) is 4.34. The van der Waals surface area contributed by atoms with Crippen LogP contribution in [0.15, 0.2) is 71.6 Å². The van der Waals surface area contributed by atoms with E-state index in [2.05, 4.69) is 5.32 Å². The first kappa shape index (κ1) is 29.2. The minimum absolute atomic E-state index is 0.148. The highest BCUT2D eigenvalue weighted by atomic mass is 32.2. The van der Waals surface area contributed by atoms with Gasteiger partial charge in [-0.2, -0.15) is 0 Å². The Labute approximate surface area is 225 Å². The molecule has 9 nitrogen and oxygen atoms in total. The molecule has 0 heterocycles. The number of benzene rings is 3. The first-order chi connectivity index (χ1) is 17.8. The van der Waals surface area contributed by atoms with Gasteiger partial charge in [0.1, 0.15) is 12.4 Å². The number of amides is 1. The number of rotatable bonds is 11. The van der Waals surface area contributed by atoms with Gasteiger partial charge in [0, 0.05) is 19.7 Å². The smallest absolute Gasteiger partial charge is 0.251 e. The first-order valence-electron chi connectivity index (χ1n) is 11.9. The van der Waals surface area contributed by atoms with Crippen LogP contribution in [0.3, 0.4) is 0 Å². The van der Waals surface area contributed by atoms with Crippen molar-refractivity contribution in [1.29, 1.82) is 0 Å². The number of nitrogens with one attached hydrogen (secondary N) is 1. The lowest BCUT2D eigenvalue weighted by Crippen LogP contribution is -2.31. The largest absolute Gasteiger partial charge is 0.492 e. The van der Waals surface area contributed by atoms with Gasteiger partial charge in [-0.1, -0.05) is 30.3 Å². The molecule has 0 aliphatic carbocycles. The van der Waals surface area contributed by atoms with Gasteiger partial charge in [0.15, 0.2) is 0 Å². The Morgan fingerprint density at radius 1 is 0.868 bits per heavy atom. The maximum atomic E-state index is 12.6. The molecule has 204 valence electrons. The summed E-state index contributed by atoms with van der Waals surface area (Å²) < 4.78 is 57.5. The third-order valence-electron chi connectivity index (χ3n) is 5.89. The number of para-hydroxylation sites is 1. The molecule has 3 aromatic rings. The zero-order chi connectivity index (χ0) is 28.1. The van der Waals surface area contributed by atoms with E-state index in [0.29, 0.717) is 17.0 Å². The minimum atomic E-state index is -3.53. The Morgan fingerprint density at radius 3 is 1.97 bits per heavy atom. The molecule has 0 saturated heterocycles. The molecule has 3 aromatic carbocycles. The van der Waals surface area contributed by atoms with Crippen LogP contribution in [0, 0.1) is 13.8 Å². The highest BCUT2D eigenvalue weighted by molar-refractivity contribution is 7.92. The van der Waals surface area contributed by atoms with Crippen LogP contribution in [0.4, 0.5) is 5.69 Å². The Hall–Kier alpha value is -3.41. The lowest BCUT2D eigenvalue weighted by atomic mass is 10.1. The number of hydrogen-bond acceptors (Lipinski definition) is 6. The SMILES string of the molecule is Cc1cccc(C)c1N(Cc1ccc(C(=O)NCCOc2ccc(S(=O)(=O)N(C)C)cc2)cc1)S(C)(=O)=O. The van der Waals surface area contributed by atoms with E-state index in [1.54, 1.807) is 36.4 Å². The van der Waals surface area contributed by atoms with Gasteiger partial charge < -0.3 is 10.1 Å². The molecule has 0 aliphatic rings. The van der Waals surface area contributed by atoms with Crippen LogP contribution in [-0.4, -0.2) is 60.6 Å². The molecular formula is C27H33N3O6S2. The molecule has 0 radical (unpaired) electrons. The van der Waals surface area contributed by atoms with Crippen molar-refractivity contribution in [2.45, 2.75) is 25.3 Å². The highest BCUT2D eigenvalue weighted by Gasteiger charge is 2.21. The number of carbonyl (C=O) groups is 1. The molecule has 0 atom stereocenters. The van der Waals surface area contributed by atoms with Gasteiger partial charge in [0.25, 0.3) is 5.91 Å². The topological polar surface area (TPSA) is 113 Å². The van der Waals surface area contributed by atoms with E-state index >= 15 is 0 Å². The van der Waals surface area contributed by atoms with E-state index in [-0.39, 0.29) is 30.5 Å². The number of hydrogen-bond donors (Lipinski definition) is 1. The van der Waals surface area contributed by atoms with Gasteiger partial charge in [-0.25, -0.2) is 21.1 Å². The molecule has 0 bridgehead atoms. The van der Waals surface area contributed by atoms with Crippen molar-refractivity contribution in [3.8, 4) is 5.75 Å². The van der Waals surface area contributed by atoms with Crippen molar-refractivity contribution in [2.75, 3.05) is 37.8 Å². The van der Waals surface area contributed by atoms with E-state index in [4.69, 9.17) is 4.74 Å². The Kier molecular flexibility index (Phi) is 9.18. The van der Waals surface area contributed by atoms with E-state index < -0.39 is 20.0 Å². The lowest BCUT2D eigenvalue weighted by molar-refractivity contribution is 0.0947. The van der Waals surface area contributed by atoms with Crippen molar-refractivity contribution in [1.82, 2.24) is 9.62 Å². The van der Waals surface area contributed by atoms with Crippen molar-refractivity contribution in [2.24, 2.45) is 0 Å². The van der Waals surface area contributed by atoms with Crippen molar-refractivity contribution < 1.29 is 26.4 Å². The zero-order valence-electron chi connectivity index (χ0n) is 22.1. The number of nitrogens with zero attached hydrogens (tertiary/aromatic N) is 2. The molecular weight excluding hydrogens is 526 g/mol. The summed E-state index contributed by atoms with van der Waals surface area (Å²) in [4.78, 5) is 12.7. The lowest BCUT2D eigenvalue weighted by Gasteiger charge is -2.26. The predicted molar refractivity (Wildman–Crippen MR) is 149 cm³/mol. The molecule has 0 aliphatic heterocycles. The molecule has 3 rings (SSSR count). The Balaban J connectivity index is 1.56. The molecule has 0 saturated carbocycles. The number of anilines is 1. The van der Waals surface area contributed by atoms with Crippen LogP contribution in [0.5, 0.6) is 5.75 Å². The van der Waals surface area contributed by atoms with Crippen LogP contribution in [-0.2, 0) is 26.6 Å². The summed E-state index contributed by atoms with van der Waals surface area (Å²) >= 11 is 0. The quantitative estimate of drug-likeness (QED) is 0.361. The third-order valence-corrected chi connectivity index (χ3v) is 8.83. The van der Waals surface area contributed by atoms with Crippen molar-refractivity contribution >= 4 is 31.6 Å². The average Bonchev–Trinajstić information content (AvgIpc) is 2.85. The second-order valence-electron chi connectivity index (χ2n) is 9.07. The third kappa shape index (κ3) is 7.12. The summed E-state index contributed by atoms with van der Waals surface area (Å²) in [5, 5.41) is 2.77. The molecule has 38 heavy (non-hydrogen) atoms. The summed E-state index contributed by atoms with van der Waals surface area (Å²) in [6, 6.07) is 18.5. The molecule has 0 fully saturated rings. The maximum absolute atomic E-state index is 12.6. The fourth-order valence-electron chi connectivity index (χ4n) is 3.84. The fraction of sp³-hybridized carbons (Fsp3) is 0.296. The number of carbonyl (C=O) groups excluding carboxylic acids is 1. The Morgan fingerprint density at radius 2 is 1.45 bits per heavy atom. The highest BCUT2D eigenvalue weighted by Crippen LogP contribution is 2.28. The van der Waals surface area contributed by atoms with Gasteiger partial charge >= 0.3 is 0 Å². The number of sulfonamides is 2. The first-order valence-corrected chi connectivity index (χ1v) is 15.2. The molecule has 1 amide bonds. The van der Waals surface area contributed by atoms with Crippen molar-refractivity contribution in [3.63, 3.8) is 0 Å². The second kappa shape index (κ2) is 12.0. The van der Waals surface area contributed by atoms with Crippen LogP contribution in [0.1, 0.15) is 27.0 Å². The fourth-order valence-corrected chi connectivity index (χ4v) is 5.75. The van der Waals surface area contributed by atoms with E-state index in [0.717, 1.165) is 21.0 Å². The number of ether oxygens (including phenoxy) is 1. The van der Waals surface area contributed by atoms with Gasteiger partial charge in [0.05, 0.1) is 29.9 Å². The zero-order valence-corrected chi connectivity index (χ0v) is 23.8. The summed E-state index contributed by atoms with van der Waals surface area (Å²) in [5.41, 5.74) is 3.57. The molecule has 1 N–H and O–H groups in total. The second-order valence-corrected chi connectivity index (χ2v) is 13.1. The standard InChI is InChI=1S/C27H33N3O6S2/c1-20-7-6-8-21(2)26(20)30(37(5,32)33)19-22-9-11-23(12-10-22)27(31)28-17-18-36-24-13-15-25(16-14-24)38(34,35)29(3)4/h6-16H,17-19H2,1-5H3,(H,28,31). The van der Waals surface area contributed by atoms with Crippen LogP contribution < -0.4 is 14.4 Å². The van der Waals surface area contributed by atoms with Gasteiger partial charge in [0.2, 0.25) is 20.0 Å². The van der Waals surface area contributed by atoms with Gasteiger partial charge in [-0.05, 0) is 66.9 Å². The van der Waals surface area contributed by atoms with Gasteiger partial charge in [-0.15, -0.1) is 0 Å². The molecule has 11 heteroatoms. The van der Waals surface area contributed by atoms with Crippen molar-refractivity contribution in [3.05, 3.63) is 89.0 Å².